The second-order valence-corrected chi connectivity index (χ2v) is 7.86. The van der Waals surface area contributed by atoms with Gasteiger partial charge in [0.2, 0.25) is 5.75 Å². The molecule has 1 heterocycles. The molecule has 7 nitrogen and oxygen atoms in total. The van der Waals surface area contributed by atoms with Gasteiger partial charge in [0.25, 0.3) is 5.91 Å². The van der Waals surface area contributed by atoms with Crippen LogP contribution in [0.1, 0.15) is 21.5 Å². The number of aryl methyl sites for hydroxylation is 2. The number of amides is 1. The molecule has 0 bridgehead atoms. The molecule has 4 aromatic rings. The highest BCUT2D eigenvalue weighted by molar-refractivity contribution is 6.08. The smallest absolute Gasteiger partial charge is 0.259 e. The molecule has 0 fully saturated rings. The molecular weight excluding hydrogens is 430 g/mol. The van der Waals surface area contributed by atoms with Crippen LogP contribution in [0.25, 0.3) is 16.9 Å². The average molecular weight is 458 g/mol. The molecule has 34 heavy (non-hydrogen) atoms. The summed E-state index contributed by atoms with van der Waals surface area (Å²) in [5, 5.41) is 7.74. The van der Waals surface area contributed by atoms with Gasteiger partial charge < -0.3 is 19.5 Å². The van der Waals surface area contributed by atoms with Crippen molar-refractivity contribution in [3.63, 3.8) is 0 Å². The van der Waals surface area contributed by atoms with Crippen LogP contribution in [0.3, 0.4) is 0 Å². The number of ether oxygens (including phenoxy) is 3. The van der Waals surface area contributed by atoms with Crippen molar-refractivity contribution in [2.45, 2.75) is 13.8 Å². The molecule has 0 spiro atoms. The van der Waals surface area contributed by atoms with Gasteiger partial charge in [-0.25, -0.2) is 4.68 Å². The van der Waals surface area contributed by atoms with Gasteiger partial charge in [0.05, 0.1) is 32.6 Å². The Kier molecular flexibility index (Phi) is 6.54. The lowest BCUT2D eigenvalue weighted by atomic mass is 10.0. The van der Waals surface area contributed by atoms with Gasteiger partial charge in [-0.05, 0) is 31.5 Å². The summed E-state index contributed by atoms with van der Waals surface area (Å²) < 4.78 is 17.9. The van der Waals surface area contributed by atoms with E-state index in [9.17, 15) is 4.79 Å². The number of rotatable bonds is 7. The molecule has 0 aliphatic rings. The van der Waals surface area contributed by atoms with E-state index >= 15 is 0 Å². The van der Waals surface area contributed by atoms with Gasteiger partial charge in [-0.3, -0.25) is 4.79 Å². The van der Waals surface area contributed by atoms with Crippen LogP contribution in [0.4, 0.5) is 5.69 Å². The van der Waals surface area contributed by atoms with E-state index in [1.165, 1.54) is 21.3 Å². The standard InChI is InChI=1S/C27H27N3O4/c1-17-11-12-21(18(2)13-17)25-22(16-30(29-25)20-9-7-6-8-10-20)27(31)28-19-14-23(32-3)26(34-5)24(15-19)33-4/h6-16H,1-5H3,(H,28,31). The largest absolute Gasteiger partial charge is 0.493 e. The van der Waals surface area contributed by atoms with Gasteiger partial charge in [-0.15, -0.1) is 0 Å². The van der Waals surface area contributed by atoms with Crippen LogP contribution in [-0.2, 0) is 0 Å². The highest BCUT2D eigenvalue weighted by Gasteiger charge is 2.21. The van der Waals surface area contributed by atoms with Crippen LogP contribution in [0.15, 0.2) is 66.9 Å². The summed E-state index contributed by atoms with van der Waals surface area (Å²) in [5.74, 6) is 1.06. The normalized spacial score (nSPS) is 10.6. The Morgan fingerprint density at radius 1 is 0.882 bits per heavy atom. The molecule has 7 heteroatoms. The maximum absolute atomic E-state index is 13.5. The third-order valence-corrected chi connectivity index (χ3v) is 5.54. The average Bonchev–Trinajstić information content (AvgIpc) is 3.29. The minimum atomic E-state index is -0.300. The van der Waals surface area contributed by atoms with E-state index < -0.39 is 0 Å². The fourth-order valence-electron chi connectivity index (χ4n) is 3.88. The Hall–Kier alpha value is -4.26. The maximum Gasteiger partial charge on any atom is 0.259 e. The number of aromatic nitrogens is 2. The third kappa shape index (κ3) is 4.45. The zero-order chi connectivity index (χ0) is 24.2. The van der Waals surface area contributed by atoms with Crippen molar-refractivity contribution in [3.05, 3.63) is 83.6 Å². The number of carbonyl (C=O) groups is 1. The lowest BCUT2D eigenvalue weighted by molar-refractivity contribution is 0.102. The Bertz CT molecular complexity index is 1300. The van der Waals surface area contributed by atoms with E-state index in [0.29, 0.717) is 34.2 Å². The summed E-state index contributed by atoms with van der Waals surface area (Å²) in [6.45, 7) is 4.06. The topological polar surface area (TPSA) is 74.6 Å². The molecule has 0 saturated carbocycles. The Morgan fingerprint density at radius 2 is 1.56 bits per heavy atom. The van der Waals surface area contributed by atoms with Gasteiger partial charge in [0.15, 0.2) is 11.5 Å². The minimum Gasteiger partial charge on any atom is -0.493 e. The lowest BCUT2D eigenvalue weighted by Gasteiger charge is -2.14. The molecule has 0 atom stereocenters. The molecule has 3 aromatic carbocycles. The van der Waals surface area contributed by atoms with Crippen molar-refractivity contribution in [2.24, 2.45) is 0 Å². The van der Waals surface area contributed by atoms with Crippen molar-refractivity contribution in [1.29, 1.82) is 0 Å². The summed E-state index contributed by atoms with van der Waals surface area (Å²) in [7, 11) is 4.60. The monoisotopic (exact) mass is 457 g/mol. The number of nitrogens with one attached hydrogen (secondary N) is 1. The minimum absolute atomic E-state index is 0.300. The molecule has 1 N–H and O–H groups in total. The maximum atomic E-state index is 13.5. The number of hydrogen-bond acceptors (Lipinski definition) is 5. The van der Waals surface area contributed by atoms with Gasteiger partial charge in [0, 0.05) is 29.6 Å². The Balaban J connectivity index is 1.79. The zero-order valence-corrected chi connectivity index (χ0v) is 19.9. The van der Waals surface area contributed by atoms with Crippen molar-refractivity contribution in [3.8, 4) is 34.2 Å². The number of hydrogen-bond donors (Lipinski definition) is 1. The predicted octanol–water partition coefficient (Wildman–Crippen LogP) is 5.43. The van der Waals surface area contributed by atoms with Crippen LogP contribution in [0.2, 0.25) is 0 Å². The molecule has 174 valence electrons. The lowest BCUT2D eigenvalue weighted by Crippen LogP contribution is -2.13. The van der Waals surface area contributed by atoms with E-state index in [2.05, 4.69) is 11.4 Å². The molecule has 0 aliphatic heterocycles. The first-order chi connectivity index (χ1) is 16.4. The first-order valence-electron chi connectivity index (χ1n) is 10.8. The molecule has 1 amide bonds. The predicted molar refractivity (Wildman–Crippen MR) is 133 cm³/mol. The number of methoxy groups -OCH3 is 3. The van der Waals surface area contributed by atoms with Crippen LogP contribution in [-0.4, -0.2) is 37.0 Å². The van der Waals surface area contributed by atoms with Crippen molar-refractivity contribution < 1.29 is 19.0 Å². The molecule has 0 aliphatic carbocycles. The fourth-order valence-corrected chi connectivity index (χ4v) is 3.88. The van der Waals surface area contributed by atoms with Crippen molar-refractivity contribution >= 4 is 11.6 Å². The summed E-state index contributed by atoms with van der Waals surface area (Å²) in [6.07, 6.45) is 1.75. The van der Waals surface area contributed by atoms with Crippen LogP contribution < -0.4 is 19.5 Å². The number of carbonyl (C=O) groups excluding carboxylic acids is 1. The van der Waals surface area contributed by atoms with E-state index in [4.69, 9.17) is 19.3 Å². The highest BCUT2D eigenvalue weighted by Crippen LogP contribution is 2.40. The van der Waals surface area contributed by atoms with Crippen molar-refractivity contribution in [1.82, 2.24) is 9.78 Å². The van der Waals surface area contributed by atoms with Gasteiger partial charge in [-0.2, -0.15) is 5.10 Å². The quantitative estimate of drug-likeness (QED) is 0.400. The van der Waals surface area contributed by atoms with E-state index in [0.717, 1.165) is 22.4 Å². The first-order valence-corrected chi connectivity index (χ1v) is 10.8. The van der Waals surface area contributed by atoms with E-state index in [1.807, 2.05) is 56.3 Å². The van der Waals surface area contributed by atoms with E-state index in [1.54, 1.807) is 23.0 Å². The molecule has 0 saturated heterocycles. The van der Waals surface area contributed by atoms with Crippen LogP contribution in [0.5, 0.6) is 17.2 Å². The molecule has 0 radical (unpaired) electrons. The number of benzene rings is 3. The Morgan fingerprint density at radius 3 is 2.15 bits per heavy atom. The SMILES string of the molecule is COc1cc(NC(=O)c2cn(-c3ccccc3)nc2-c2ccc(C)cc2C)cc(OC)c1OC. The van der Waals surface area contributed by atoms with Gasteiger partial charge >= 0.3 is 0 Å². The summed E-state index contributed by atoms with van der Waals surface area (Å²) >= 11 is 0. The summed E-state index contributed by atoms with van der Waals surface area (Å²) in [5.41, 5.74) is 5.51. The summed E-state index contributed by atoms with van der Waals surface area (Å²) in [6, 6.07) is 19.2. The number of para-hydroxylation sites is 1. The summed E-state index contributed by atoms with van der Waals surface area (Å²) in [4.78, 5) is 13.5. The second kappa shape index (κ2) is 9.70. The van der Waals surface area contributed by atoms with Gasteiger partial charge in [-0.1, -0.05) is 42.0 Å². The zero-order valence-electron chi connectivity index (χ0n) is 19.9. The van der Waals surface area contributed by atoms with Crippen LogP contribution >= 0.6 is 0 Å². The van der Waals surface area contributed by atoms with E-state index in [-0.39, 0.29) is 5.91 Å². The molecular formula is C27H27N3O4. The number of nitrogens with zero attached hydrogens (tertiary/aromatic N) is 2. The second-order valence-electron chi connectivity index (χ2n) is 7.86. The molecule has 0 unspecified atom stereocenters. The van der Waals surface area contributed by atoms with Crippen LogP contribution in [0, 0.1) is 13.8 Å². The first kappa shape index (κ1) is 22.9. The third-order valence-electron chi connectivity index (χ3n) is 5.54. The molecule has 4 rings (SSSR count). The molecule has 1 aromatic heterocycles. The van der Waals surface area contributed by atoms with Crippen molar-refractivity contribution in [2.75, 3.05) is 26.6 Å². The van der Waals surface area contributed by atoms with Gasteiger partial charge in [0.1, 0.15) is 5.69 Å². The highest BCUT2D eigenvalue weighted by atomic mass is 16.5. The fraction of sp³-hybridized carbons (Fsp3) is 0.185. The Labute approximate surface area is 198 Å². The number of anilines is 1.